The number of carbonyl (C=O) groups is 1. The van der Waals surface area contributed by atoms with Gasteiger partial charge in [0.15, 0.2) is 0 Å². The lowest BCUT2D eigenvalue weighted by atomic mass is 10.1. The third-order valence-electron chi connectivity index (χ3n) is 4.12. The molecule has 0 saturated carbocycles. The second-order valence-corrected chi connectivity index (χ2v) is 5.64. The van der Waals surface area contributed by atoms with Crippen LogP contribution in [0.5, 0.6) is 0 Å². The molecule has 1 aromatic carbocycles. The summed E-state index contributed by atoms with van der Waals surface area (Å²) in [5, 5.41) is 9.84. The maximum absolute atomic E-state index is 12.2. The first kappa shape index (κ1) is 15.7. The van der Waals surface area contributed by atoms with Gasteiger partial charge in [0, 0.05) is 25.8 Å². The Kier molecular flexibility index (Phi) is 5.05. The fourth-order valence-electron chi connectivity index (χ4n) is 2.67. The van der Waals surface area contributed by atoms with Crippen LogP contribution in [0.3, 0.4) is 0 Å². The van der Waals surface area contributed by atoms with Crippen molar-refractivity contribution in [2.24, 2.45) is 0 Å². The van der Waals surface area contributed by atoms with Crippen LogP contribution in [-0.2, 0) is 16.1 Å². The van der Waals surface area contributed by atoms with E-state index in [9.17, 15) is 4.79 Å². The van der Waals surface area contributed by atoms with Gasteiger partial charge in [0.2, 0.25) is 0 Å². The Morgan fingerprint density at radius 1 is 1.39 bits per heavy atom. The lowest BCUT2D eigenvalue weighted by molar-refractivity contribution is -0.138. The zero-order chi connectivity index (χ0) is 16.1. The molecular formula is C17H22N4O2. The van der Waals surface area contributed by atoms with Crippen LogP contribution < -0.4 is 5.32 Å². The molecule has 0 spiro atoms. The number of aromatic amines is 1. The number of nitrogens with one attached hydrogen (secondary N) is 2. The molecular weight excluding hydrogens is 292 g/mol. The van der Waals surface area contributed by atoms with Crippen molar-refractivity contribution in [2.75, 3.05) is 26.2 Å². The first-order valence-electron chi connectivity index (χ1n) is 7.96. The highest BCUT2D eigenvalue weighted by Crippen LogP contribution is 2.16. The molecule has 1 fully saturated rings. The number of ether oxygens (including phenoxy) is 1. The Labute approximate surface area is 135 Å². The highest BCUT2D eigenvalue weighted by molar-refractivity contribution is 5.81. The Morgan fingerprint density at radius 3 is 2.91 bits per heavy atom. The van der Waals surface area contributed by atoms with Gasteiger partial charge in [0.25, 0.3) is 5.91 Å². The highest BCUT2D eigenvalue weighted by Gasteiger charge is 2.25. The van der Waals surface area contributed by atoms with Crippen molar-refractivity contribution in [1.82, 2.24) is 20.4 Å². The Balaban J connectivity index is 1.52. The predicted molar refractivity (Wildman–Crippen MR) is 87.7 cm³/mol. The third kappa shape index (κ3) is 3.97. The fraction of sp³-hybridized carbons (Fsp3) is 0.412. The summed E-state index contributed by atoms with van der Waals surface area (Å²) in [5.41, 5.74) is 3.12. The number of nitrogens with zero attached hydrogens (tertiary/aromatic N) is 2. The maximum atomic E-state index is 12.2. The van der Waals surface area contributed by atoms with E-state index in [-0.39, 0.29) is 12.0 Å². The van der Waals surface area contributed by atoms with E-state index in [1.165, 1.54) is 0 Å². The number of likely N-dealkylation sites (N-methyl/N-ethyl adjacent to an activating group) is 1. The molecule has 3 rings (SSSR count). The van der Waals surface area contributed by atoms with Gasteiger partial charge in [-0.1, -0.05) is 31.2 Å². The summed E-state index contributed by atoms with van der Waals surface area (Å²) in [7, 11) is 0. The molecule has 1 aromatic heterocycles. The van der Waals surface area contributed by atoms with E-state index in [0.29, 0.717) is 19.7 Å². The van der Waals surface area contributed by atoms with Gasteiger partial charge in [-0.25, -0.2) is 0 Å². The monoisotopic (exact) mass is 314 g/mol. The molecule has 1 atom stereocenters. The first-order valence-corrected chi connectivity index (χ1v) is 7.96. The lowest BCUT2D eigenvalue weighted by Crippen LogP contribution is -2.49. The summed E-state index contributed by atoms with van der Waals surface area (Å²) in [6.45, 7) is 5.74. The minimum absolute atomic E-state index is 0.0409. The third-order valence-corrected chi connectivity index (χ3v) is 4.12. The normalized spacial score (nSPS) is 18.7. The molecule has 122 valence electrons. The summed E-state index contributed by atoms with van der Waals surface area (Å²) < 4.78 is 5.56. The van der Waals surface area contributed by atoms with Crippen LogP contribution in [0.15, 0.2) is 36.5 Å². The van der Waals surface area contributed by atoms with Gasteiger partial charge in [-0.05, 0) is 23.7 Å². The minimum Gasteiger partial charge on any atom is -0.366 e. The van der Waals surface area contributed by atoms with Crippen molar-refractivity contribution in [3.8, 4) is 11.3 Å². The van der Waals surface area contributed by atoms with E-state index in [1.54, 1.807) is 6.20 Å². The number of hydrogen-bond acceptors (Lipinski definition) is 4. The van der Waals surface area contributed by atoms with Crippen molar-refractivity contribution in [1.29, 1.82) is 0 Å². The van der Waals surface area contributed by atoms with Crippen LogP contribution in [0.2, 0.25) is 0 Å². The van der Waals surface area contributed by atoms with Crippen LogP contribution in [0.4, 0.5) is 0 Å². The number of carbonyl (C=O) groups excluding carboxylic acids is 1. The van der Waals surface area contributed by atoms with Crippen molar-refractivity contribution >= 4 is 5.91 Å². The van der Waals surface area contributed by atoms with Gasteiger partial charge in [0.1, 0.15) is 6.10 Å². The van der Waals surface area contributed by atoms with Gasteiger partial charge in [0.05, 0.1) is 12.3 Å². The van der Waals surface area contributed by atoms with Crippen LogP contribution in [0.25, 0.3) is 11.3 Å². The quantitative estimate of drug-likeness (QED) is 0.875. The maximum Gasteiger partial charge on any atom is 0.250 e. The Hall–Kier alpha value is -2.18. The molecule has 0 unspecified atom stereocenters. The van der Waals surface area contributed by atoms with E-state index in [0.717, 1.165) is 29.9 Å². The molecule has 1 amide bonds. The van der Waals surface area contributed by atoms with Crippen LogP contribution >= 0.6 is 0 Å². The standard InChI is InChI=1S/C17H22N4O2/c1-2-21-9-10-23-16(12-21)17(22)18-11-13-3-5-14(6-4-13)15-7-8-19-20-15/h3-8,16H,2,9-12H2,1H3,(H,18,22)(H,19,20)/t16-/m1/s1. The molecule has 6 nitrogen and oxygen atoms in total. The smallest absolute Gasteiger partial charge is 0.250 e. The molecule has 0 aliphatic carbocycles. The number of hydrogen-bond donors (Lipinski definition) is 2. The number of benzene rings is 1. The molecule has 1 aliphatic heterocycles. The van der Waals surface area contributed by atoms with Gasteiger partial charge in [-0.2, -0.15) is 5.10 Å². The van der Waals surface area contributed by atoms with Gasteiger partial charge >= 0.3 is 0 Å². The fourth-order valence-corrected chi connectivity index (χ4v) is 2.67. The lowest BCUT2D eigenvalue weighted by Gasteiger charge is -2.31. The summed E-state index contributed by atoms with van der Waals surface area (Å²) in [5.74, 6) is -0.0409. The van der Waals surface area contributed by atoms with E-state index < -0.39 is 0 Å². The predicted octanol–water partition coefficient (Wildman–Crippen LogP) is 1.41. The average molecular weight is 314 g/mol. The molecule has 6 heteroatoms. The molecule has 2 N–H and O–H groups in total. The van der Waals surface area contributed by atoms with Gasteiger partial charge in [-0.15, -0.1) is 0 Å². The average Bonchev–Trinajstić information content (AvgIpc) is 3.15. The van der Waals surface area contributed by atoms with Gasteiger partial charge in [-0.3, -0.25) is 14.8 Å². The molecule has 0 bridgehead atoms. The SMILES string of the molecule is CCN1CCO[C@@H](C(=O)NCc2ccc(-c3ccn[nH]3)cc2)C1. The first-order chi connectivity index (χ1) is 11.3. The summed E-state index contributed by atoms with van der Waals surface area (Å²) in [6, 6.07) is 9.99. The number of aromatic nitrogens is 2. The second kappa shape index (κ2) is 7.39. The largest absolute Gasteiger partial charge is 0.366 e. The zero-order valence-corrected chi connectivity index (χ0v) is 13.3. The van der Waals surface area contributed by atoms with Crippen LogP contribution in [-0.4, -0.2) is 53.3 Å². The molecule has 1 saturated heterocycles. The molecule has 2 aromatic rings. The molecule has 23 heavy (non-hydrogen) atoms. The van der Waals surface area contributed by atoms with Crippen LogP contribution in [0.1, 0.15) is 12.5 Å². The Morgan fingerprint density at radius 2 is 2.22 bits per heavy atom. The number of H-pyrrole nitrogens is 1. The van der Waals surface area contributed by atoms with Crippen molar-refractivity contribution in [3.05, 3.63) is 42.1 Å². The number of amides is 1. The van der Waals surface area contributed by atoms with Crippen molar-refractivity contribution < 1.29 is 9.53 Å². The van der Waals surface area contributed by atoms with E-state index in [4.69, 9.17) is 4.74 Å². The van der Waals surface area contributed by atoms with Crippen molar-refractivity contribution in [3.63, 3.8) is 0 Å². The molecule has 0 radical (unpaired) electrons. The van der Waals surface area contributed by atoms with E-state index >= 15 is 0 Å². The molecule has 2 heterocycles. The number of rotatable bonds is 5. The summed E-state index contributed by atoms with van der Waals surface area (Å²) in [4.78, 5) is 14.4. The summed E-state index contributed by atoms with van der Waals surface area (Å²) >= 11 is 0. The number of morpholine rings is 1. The topological polar surface area (TPSA) is 70.2 Å². The Bertz CT molecular complexity index is 625. The highest BCUT2D eigenvalue weighted by atomic mass is 16.5. The van der Waals surface area contributed by atoms with Crippen molar-refractivity contribution in [2.45, 2.75) is 19.6 Å². The van der Waals surface area contributed by atoms with Crippen LogP contribution in [0, 0.1) is 0 Å². The zero-order valence-electron chi connectivity index (χ0n) is 13.3. The minimum atomic E-state index is -0.368. The second-order valence-electron chi connectivity index (χ2n) is 5.64. The summed E-state index contributed by atoms with van der Waals surface area (Å²) in [6.07, 6.45) is 1.36. The van der Waals surface area contributed by atoms with E-state index in [1.807, 2.05) is 30.3 Å². The van der Waals surface area contributed by atoms with E-state index in [2.05, 4.69) is 27.3 Å². The molecule has 1 aliphatic rings. The van der Waals surface area contributed by atoms with Gasteiger partial charge < -0.3 is 10.1 Å².